The topological polar surface area (TPSA) is 20.2 Å². The van der Waals surface area contributed by atoms with Crippen molar-refractivity contribution >= 4 is 17.4 Å². The van der Waals surface area contributed by atoms with E-state index in [-0.39, 0.29) is 5.03 Å². The van der Waals surface area contributed by atoms with Crippen molar-refractivity contribution in [2.45, 2.75) is 13.0 Å². The zero-order valence-corrected chi connectivity index (χ0v) is 7.92. The predicted molar refractivity (Wildman–Crippen MR) is 52.0 cm³/mol. The molecule has 0 saturated carbocycles. The van der Waals surface area contributed by atoms with Gasteiger partial charge in [0.15, 0.2) is 0 Å². The maximum Gasteiger partial charge on any atom is 0.147 e. The molecule has 0 amide bonds. The zero-order valence-electron chi connectivity index (χ0n) is 7.17. The van der Waals surface area contributed by atoms with E-state index in [1.807, 2.05) is 0 Å². The number of halogens is 2. The van der Waals surface area contributed by atoms with Crippen LogP contribution in [-0.2, 0) is 0 Å². The van der Waals surface area contributed by atoms with Gasteiger partial charge in [-0.2, -0.15) is 0 Å². The minimum absolute atomic E-state index is 0.161. The summed E-state index contributed by atoms with van der Waals surface area (Å²) in [5, 5.41) is 8.86. The monoisotopic (exact) mass is 200 g/mol. The largest absolute Gasteiger partial charge is 0.388 e. The molecule has 1 aromatic rings. The van der Waals surface area contributed by atoms with Gasteiger partial charge in [0.1, 0.15) is 5.83 Å². The predicted octanol–water partition coefficient (Wildman–Crippen LogP) is 2.94. The molecule has 13 heavy (non-hydrogen) atoms. The van der Waals surface area contributed by atoms with Crippen molar-refractivity contribution < 1.29 is 9.50 Å². The fraction of sp³-hybridized carbons (Fsp3) is 0.200. The summed E-state index contributed by atoms with van der Waals surface area (Å²) in [4.78, 5) is 0. The molecule has 1 aromatic carbocycles. The smallest absolute Gasteiger partial charge is 0.147 e. The molecule has 1 N–H and O–H groups in total. The van der Waals surface area contributed by atoms with Crippen LogP contribution in [0.4, 0.5) is 4.39 Å². The second-order valence-electron chi connectivity index (χ2n) is 2.70. The lowest BCUT2D eigenvalue weighted by Gasteiger charge is -2.04. The van der Waals surface area contributed by atoms with Gasteiger partial charge in [0.2, 0.25) is 0 Å². The molecule has 0 radical (unpaired) electrons. The van der Waals surface area contributed by atoms with Gasteiger partial charge in [-0.1, -0.05) is 41.9 Å². The van der Waals surface area contributed by atoms with Gasteiger partial charge in [0, 0.05) is 5.56 Å². The molecular formula is C10H10ClFO. The Morgan fingerprint density at radius 3 is 2.38 bits per heavy atom. The molecule has 70 valence electrons. The van der Waals surface area contributed by atoms with Crippen molar-refractivity contribution in [1.82, 2.24) is 0 Å². The Labute approximate surface area is 81.5 Å². The second kappa shape index (κ2) is 4.40. The molecule has 1 atom stereocenters. The highest BCUT2D eigenvalue weighted by Crippen LogP contribution is 2.24. The molecule has 0 saturated heterocycles. The Bertz CT molecular complexity index is 306. The molecule has 0 aliphatic carbocycles. The summed E-state index contributed by atoms with van der Waals surface area (Å²) in [5.41, 5.74) is 0.383. The molecule has 0 spiro atoms. The third-order valence-electron chi connectivity index (χ3n) is 1.60. The first-order valence-electron chi connectivity index (χ1n) is 3.91. The van der Waals surface area contributed by atoms with Gasteiger partial charge in [0.05, 0.1) is 11.1 Å². The van der Waals surface area contributed by atoms with E-state index in [1.165, 1.54) is 6.92 Å². The molecule has 0 aliphatic rings. The highest BCUT2D eigenvalue weighted by Gasteiger charge is 2.10. The molecule has 0 bridgehead atoms. The van der Waals surface area contributed by atoms with Crippen molar-refractivity contribution in [3.05, 3.63) is 40.9 Å². The quantitative estimate of drug-likeness (QED) is 0.778. The number of hydrogen-bond acceptors (Lipinski definition) is 1. The van der Waals surface area contributed by atoms with E-state index in [0.717, 1.165) is 0 Å². The fourth-order valence-electron chi connectivity index (χ4n) is 0.906. The normalized spacial score (nSPS) is 15.1. The Morgan fingerprint density at radius 2 is 1.92 bits per heavy atom. The van der Waals surface area contributed by atoms with Crippen molar-refractivity contribution in [3.63, 3.8) is 0 Å². The molecule has 3 heteroatoms. The average Bonchev–Trinajstić information content (AvgIpc) is 2.17. The summed E-state index contributed by atoms with van der Waals surface area (Å²) >= 11 is 5.56. The van der Waals surface area contributed by atoms with Crippen LogP contribution in [-0.4, -0.2) is 11.2 Å². The second-order valence-corrected chi connectivity index (χ2v) is 3.11. The van der Waals surface area contributed by atoms with Gasteiger partial charge >= 0.3 is 0 Å². The standard InChI is InChI=1S/C10H10ClFO/c1-7(13)9(11)10(12)8-5-3-2-4-6-8/h2-7,13H,1H3. The first-order chi connectivity index (χ1) is 6.13. The first kappa shape index (κ1) is 10.2. The van der Waals surface area contributed by atoms with E-state index >= 15 is 0 Å². The lowest BCUT2D eigenvalue weighted by atomic mass is 10.2. The van der Waals surface area contributed by atoms with E-state index in [0.29, 0.717) is 5.56 Å². The molecule has 1 rings (SSSR count). The molecular weight excluding hydrogens is 191 g/mol. The van der Waals surface area contributed by atoms with E-state index < -0.39 is 11.9 Å². The third kappa shape index (κ3) is 2.54. The molecule has 1 nitrogen and oxygen atoms in total. The van der Waals surface area contributed by atoms with Gasteiger partial charge in [0.25, 0.3) is 0 Å². The summed E-state index contributed by atoms with van der Waals surface area (Å²) in [6.45, 7) is 1.42. The lowest BCUT2D eigenvalue weighted by molar-refractivity contribution is 0.239. The highest BCUT2D eigenvalue weighted by atomic mass is 35.5. The molecule has 0 heterocycles. The van der Waals surface area contributed by atoms with Gasteiger partial charge in [-0.15, -0.1) is 0 Å². The number of aliphatic hydroxyl groups is 1. The van der Waals surface area contributed by atoms with Crippen molar-refractivity contribution in [1.29, 1.82) is 0 Å². The maximum atomic E-state index is 13.4. The van der Waals surface area contributed by atoms with Crippen LogP contribution in [0, 0.1) is 0 Å². The highest BCUT2D eigenvalue weighted by molar-refractivity contribution is 6.32. The van der Waals surface area contributed by atoms with Crippen LogP contribution < -0.4 is 0 Å². The molecule has 1 unspecified atom stereocenters. The Morgan fingerprint density at radius 1 is 1.38 bits per heavy atom. The van der Waals surface area contributed by atoms with E-state index in [9.17, 15) is 4.39 Å². The van der Waals surface area contributed by atoms with Crippen LogP contribution in [0.1, 0.15) is 12.5 Å². The van der Waals surface area contributed by atoms with Crippen LogP contribution >= 0.6 is 11.6 Å². The Balaban J connectivity index is 3.03. The summed E-state index contributed by atoms with van der Waals surface area (Å²) in [6.07, 6.45) is -0.970. The fourth-order valence-corrected chi connectivity index (χ4v) is 1.01. The van der Waals surface area contributed by atoms with Crippen LogP contribution in [0.3, 0.4) is 0 Å². The molecule has 0 aliphatic heterocycles. The third-order valence-corrected chi connectivity index (χ3v) is 2.09. The van der Waals surface area contributed by atoms with Crippen molar-refractivity contribution in [2.75, 3.05) is 0 Å². The van der Waals surface area contributed by atoms with Gasteiger partial charge in [-0.25, -0.2) is 4.39 Å². The molecule has 0 fully saturated rings. The zero-order chi connectivity index (χ0) is 9.84. The van der Waals surface area contributed by atoms with Crippen LogP contribution in [0.15, 0.2) is 35.4 Å². The SMILES string of the molecule is CC(O)C(Cl)=C(F)c1ccccc1. The summed E-state index contributed by atoms with van der Waals surface area (Å²) in [6, 6.07) is 8.40. The van der Waals surface area contributed by atoms with Crippen LogP contribution in [0.2, 0.25) is 0 Å². The number of aliphatic hydroxyl groups excluding tert-OH is 1. The summed E-state index contributed by atoms with van der Waals surface area (Å²) < 4.78 is 13.4. The average molecular weight is 201 g/mol. The summed E-state index contributed by atoms with van der Waals surface area (Å²) in [5.74, 6) is -0.572. The van der Waals surface area contributed by atoms with E-state index in [4.69, 9.17) is 16.7 Å². The minimum Gasteiger partial charge on any atom is -0.388 e. The van der Waals surface area contributed by atoms with Crippen molar-refractivity contribution in [2.24, 2.45) is 0 Å². The van der Waals surface area contributed by atoms with E-state index in [2.05, 4.69) is 0 Å². The van der Waals surface area contributed by atoms with Gasteiger partial charge < -0.3 is 5.11 Å². The van der Waals surface area contributed by atoms with Gasteiger partial charge in [-0.05, 0) is 6.92 Å². The molecule has 0 aromatic heterocycles. The lowest BCUT2D eigenvalue weighted by Crippen LogP contribution is -2.00. The minimum atomic E-state index is -0.970. The first-order valence-corrected chi connectivity index (χ1v) is 4.29. The number of benzene rings is 1. The Hall–Kier alpha value is -0.860. The van der Waals surface area contributed by atoms with Crippen LogP contribution in [0.5, 0.6) is 0 Å². The maximum absolute atomic E-state index is 13.4. The van der Waals surface area contributed by atoms with Crippen molar-refractivity contribution in [3.8, 4) is 0 Å². The Kier molecular flexibility index (Phi) is 3.46. The number of rotatable bonds is 2. The summed E-state index contributed by atoms with van der Waals surface area (Å²) in [7, 11) is 0. The van der Waals surface area contributed by atoms with Crippen LogP contribution in [0.25, 0.3) is 5.83 Å². The number of hydrogen-bond donors (Lipinski definition) is 1. The van der Waals surface area contributed by atoms with E-state index in [1.54, 1.807) is 30.3 Å². The van der Waals surface area contributed by atoms with Gasteiger partial charge in [-0.3, -0.25) is 0 Å².